The number of ketones is 1. The van der Waals surface area contributed by atoms with Crippen molar-refractivity contribution in [3.63, 3.8) is 0 Å². The van der Waals surface area contributed by atoms with Gasteiger partial charge >= 0.3 is 0 Å². The average Bonchev–Trinajstić information content (AvgIpc) is 3.06. The van der Waals surface area contributed by atoms with Crippen LogP contribution in [0.2, 0.25) is 0 Å². The predicted molar refractivity (Wildman–Crippen MR) is 120 cm³/mol. The Morgan fingerprint density at radius 1 is 1.00 bits per heavy atom. The van der Waals surface area contributed by atoms with Crippen LogP contribution in [0.15, 0.2) is 42.0 Å². The molecule has 0 heterocycles. The van der Waals surface area contributed by atoms with Gasteiger partial charge in [-0.15, -0.1) is 0 Å². The van der Waals surface area contributed by atoms with Crippen LogP contribution in [0.25, 0.3) is 0 Å². The first kappa shape index (κ1) is 19.5. The van der Waals surface area contributed by atoms with E-state index in [0.29, 0.717) is 11.7 Å². The smallest absolute Gasteiger partial charge is 0.170 e. The Bertz CT molecular complexity index is 859. The van der Waals surface area contributed by atoms with Crippen LogP contribution in [0.3, 0.4) is 0 Å². The molecule has 0 radical (unpaired) electrons. The third-order valence-corrected chi connectivity index (χ3v) is 9.58. The Morgan fingerprint density at radius 2 is 1.79 bits per heavy atom. The van der Waals surface area contributed by atoms with E-state index in [-0.39, 0.29) is 10.8 Å². The second-order valence-electron chi connectivity index (χ2n) is 10.4. The van der Waals surface area contributed by atoms with E-state index in [0.717, 1.165) is 54.2 Å². The summed E-state index contributed by atoms with van der Waals surface area (Å²) in [5.74, 6) is 3.83. The van der Waals surface area contributed by atoms with E-state index in [1.807, 2.05) is 36.4 Å². The lowest BCUT2D eigenvalue weighted by molar-refractivity contribution is -0.117. The Kier molecular flexibility index (Phi) is 4.73. The first-order chi connectivity index (χ1) is 13.9. The molecule has 5 rings (SSSR count). The summed E-state index contributed by atoms with van der Waals surface area (Å²) in [5.41, 5.74) is 1.96. The Labute approximate surface area is 180 Å². The van der Waals surface area contributed by atoms with Gasteiger partial charge in [-0.1, -0.05) is 37.6 Å². The van der Waals surface area contributed by atoms with E-state index in [1.165, 1.54) is 31.3 Å². The number of carbonyl (C=O) groups excluding carboxylic acids is 1. The molecule has 0 aliphatic heterocycles. The normalized spacial score (nSPS) is 41.0. The number of hydrogen-bond donors (Lipinski definition) is 0. The molecule has 1 aromatic rings. The van der Waals surface area contributed by atoms with Gasteiger partial charge in [-0.05, 0) is 104 Å². The fourth-order valence-electron chi connectivity index (χ4n) is 7.62. The van der Waals surface area contributed by atoms with Crippen molar-refractivity contribution >= 4 is 23.1 Å². The minimum Gasteiger partial charge on any atom is -0.450 e. The van der Waals surface area contributed by atoms with E-state index in [9.17, 15) is 4.79 Å². The van der Waals surface area contributed by atoms with Crippen molar-refractivity contribution < 1.29 is 9.53 Å². The molecule has 2 nitrogen and oxygen atoms in total. The summed E-state index contributed by atoms with van der Waals surface area (Å²) in [6.07, 6.45) is 11.1. The van der Waals surface area contributed by atoms with Crippen molar-refractivity contribution in [3.05, 3.63) is 42.0 Å². The number of para-hydroxylation sites is 1. The molecule has 0 N–H and O–H groups in total. The van der Waals surface area contributed by atoms with Gasteiger partial charge in [0.05, 0.1) is 0 Å². The Morgan fingerprint density at radius 3 is 2.59 bits per heavy atom. The first-order valence-corrected chi connectivity index (χ1v) is 11.8. The molecule has 4 aliphatic carbocycles. The maximum Gasteiger partial charge on any atom is 0.170 e. The van der Waals surface area contributed by atoms with E-state index in [2.05, 4.69) is 13.8 Å². The Balaban J connectivity index is 1.38. The highest BCUT2D eigenvalue weighted by atomic mass is 32.1. The second-order valence-corrected chi connectivity index (χ2v) is 10.8. The number of hydrogen-bond acceptors (Lipinski definition) is 3. The molecule has 0 saturated heterocycles. The molecule has 3 fully saturated rings. The molecule has 4 aliphatic rings. The number of allylic oxidation sites excluding steroid dienone is 1. The van der Waals surface area contributed by atoms with Crippen LogP contribution in [-0.4, -0.2) is 10.8 Å². The minimum absolute atomic E-state index is 0.247. The zero-order valence-electron chi connectivity index (χ0n) is 17.7. The largest absolute Gasteiger partial charge is 0.450 e. The van der Waals surface area contributed by atoms with Crippen LogP contribution in [0.4, 0.5) is 0 Å². The number of fused-ring (bicyclic) bond motifs is 5. The van der Waals surface area contributed by atoms with Crippen LogP contribution >= 0.6 is 12.2 Å². The Hall–Kier alpha value is -1.48. The number of benzene rings is 1. The van der Waals surface area contributed by atoms with Crippen molar-refractivity contribution in [3.8, 4) is 5.75 Å². The molecule has 0 aromatic heterocycles. The van der Waals surface area contributed by atoms with Gasteiger partial charge in [0, 0.05) is 12.3 Å². The maximum atomic E-state index is 12.0. The van der Waals surface area contributed by atoms with Gasteiger partial charge in [0.2, 0.25) is 0 Å². The summed E-state index contributed by atoms with van der Waals surface area (Å²) in [7, 11) is 0. The van der Waals surface area contributed by atoms with Crippen LogP contribution < -0.4 is 4.74 Å². The molecular formula is C26H32O2S. The van der Waals surface area contributed by atoms with Crippen LogP contribution in [0, 0.1) is 34.5 Å². The van der Waals surface area contributed by atoms with Crippen molar-refractivity contribution in [2.75, 3.05) is 0 Å². The average molecular weight is 409 g/mol. The molecule has 0 amide bonds. The van der Waals surface area contributed by atoms with Crippen molar-refractivity contribution in [1.29, 1.82) is 0 Å². The monoisotopic (exact) mass is 408 g/mol. The van der Waals surface area contributed by atoms with E-state index < -0.39 is 0 Å². The molecule has 0 unspecified atom stereocenters. The molecule has 0 spiro atoms. The van der Waals surface area contributed by atoms with Crippen molar-refractivity contribution in [2.24, 2.45) is 34.5 Å². The number of thiocarbonyl (C=S) groups is 1. The number of rotatable bonds is 2. The summed E-state index contributed by atoms with van der Waals surface area (Å²) in [6.45, 7) is 4.95. The SMILES string of the molecule is C[C@]12CC[C@H]3[C@@H](CCC4=CC(=O)CC[C@@]43C)[C@@H]1CC[C@@H]2C(=S)Oc1ccccc1. The zero-order valence-corrected chi connectivity index (χ0v) is 18.5. The molecule has 3 saturated carbocycles. The lowest BCUT2D eigenvalue weighted by Gasteiger charge is -2.58. The van der Waals surface area contributed by atoms with Gasteiger partial charge in [-0.25, -0.2) is 0 Å². The molecule has 154 valence electrons. The molecule has 1 aromatic carbocycles. The molecule has 3 heteroatoms. The van der Waals surface area contributed by atoms with Gasteiger partial charge in [0.1, 0.15) is 5.75 Å². The molecular weight excluding hydrogens is 376 g/mol. The summed E-state index contributed by atoms with van der Waals surface area (Å²) >= 11 is 5.84. The fraction of sp³-hybridized carbons (Fsp3) is 0.615. The maximum absolute atomic E-state index is 12.0. The highest BCUT2D eigenvalue weighted by Crippen LogP contribution is 2.66. The first-order valence-electron chi connectivity index (χ1n) is 11.4. The van der Waals surface area contributed by atoms with Gasteiger partial charge in [0.25, 0.3) is 0 Å². The predicted octanol–water partition coefficient (Wildman–Crippen LogP) is 6.54. The van der Waals surface area contributed by atoms with Gasteiger partial charge in [0.15, 0.2) is 10.8 Å². The van der Waals surface area contributed by atoms with Crippen molar-refractivity contribution in [2.45, 2.75) is 65.2 Å². The minimum atomic E-state index is 0.247. The highest BCUT2D eigenvalue weighted by Gasteiger charge is 2.59. The third kappa shape index (κ3) is 3.03. The summed E-state index contributed by atoms with van der Waals surface area (Å²) in [5, 5.41) is 0.797. The van der Waals surface area contributed by atoms with Crippen molar-refractivity contribution in [1.82, 2.24) is 0 Å². The van der Waals surface area contributed by atoms with Crippen LogP contribution in [0.1, 0.15) is 65.2 Å². The van der Waals surface area contributed by atoms with Gasteiger partial charge < -0.3 is 4.74 Å². The molecule has 6 atom stereocenters. The van der Waals surface area contributed by atoms with E-state index >= 15 is 0 Å². The lowest BCUT2D eigenvalue weighted by atomic mass is 9.47. The summed E-state index contributed by atoms with van der Waals surface area (Å²) < 4.78 is 6.15. The van der Waals surface area contributed by atoms with E-state index in [4.69, 9.17) is 17.0 Å². The fourth-order valence-corrected chi connectivity index (χ4v) is 8.11. The summed E-state index contributed by atoms with van der Waals surface area (Å²) in [4.78, 5) is 12.0. The standard InChI is InChI=1S/C26H32O2S/c1-25-14-12-18(27)16-17(25)8-9-20-21-10-11-23(26(21,2)15-13-22(20)25)24(29)28-19-6-4-3-5-7-19/h3-7,16,20-23H,8-15H2,1-2H3/t20-,21-,22-,23+,25-,26-/m0/s1. The van der Waals surface area contributed by atoms with Crippen LogP contribution in [-0.2, 0) is 4.79 Å². The van der Waals surface area contributed by atoms with Crippen LogP contribution in [0.5, 0.6) is 5.75 Å². The number of ether oxygens (including phenoxy) is 1. The zero-order chi connectivity index (χ0) is 20.2. The lowest BCUT2D eigenvalue weighted by Crippen LogP contribution is -2.51. The quantitative estimate of drug-likeness (QED) is 0.520. The van der Waals surface area contributed by atoms with Gasteiger partial charge in [-0.2, -0.15) is 0 Å². The van der Waals surface area contributed by atoms with Gasteiger partial charge in [-0.3, -0.25) is 4.79 Å². The second kappa shape index (κ2) is 7.04. The number of carbonyl (C=O) groups is 1. The third-order valence-electron chi connectivity index (χ3n) is 9.21. The van der Waals surface area contributed by atoms with E-state index in [1.54, 1.807) is 0 Å². The molecule has 0 bridgehead atoms. The molecule has 29 heavy (non-hydrogen) atoms. The summed E-state index contributed by atoms with van der Waals surface area (Å²) in [6, 6.07) is 10.0. The topological polar surface area (TPSA) is 26.3 Å². The highest BCUT2D eigenvalue weighted by molar-refractivity contribution is 7.80.